The molecule has 110 valence electrons. The minimum Gasteiger partial charge on any atom is -0.480 e. The highest BCUT2D eigenvalue weighted by atomic mass is 32.2. The molecule has 0 saturated carbocycles. The van der Waals surface area contributed by atoms with Crippen molar-refractivity contribution in [1.82, 2.24) is 9.71 Å². The average molecular weight is 307 g/mol. The third-order valence-electron chi connectivity index (χ3n) is 2.97. The number of carbonyl (C=O) groups is 1. The number of rotatable bonds is 6. The number of hydrogen-bond acceptors (Lipinski definition) is 4. The molecule has 2 aromatic rings. The van der Waals surface area contributed by atoms with E-state index in [2.05, 4.69) is 4.98 Å². The van der Waals surface area contributed by atoms with Crippen molar-refractivity contribution in [1.29, 1.82) is 5.26 Å². The van der Waals surface area contributed by atoms with Crippen LogP contribution in [0.3, 0.4) is 0 Å². The number of carboxylic acid groups (broad SMARTS) is 1. The number of fused-ring (bicyclic) bond motifs is 1. The van der Waals surface area contributed by atoms with Crippen molar-refractivity contribution in [3.8, 4) is 6.07 Å². The first-order chi connectivity index (χ1) is 9.93. The molecule has 21 heavy (non-hydrogen) atoms. The number of aromatic nitrogens is 1. The van der Waals surface area contributed by atoms with E-state index >= 15 is 0 Å². The van der Waals surface area contributed by atoms with Crippen LogP contribution in [-0.4, -0.2) is 36.3 Å². The number of aliphatic carboxylic acids is 1. The molecule has 1 aromatic heterocycles. The van der Waals surface area contributed by atoms with Crippen LogP contribution in [0.4, 0.5) is 0 Å². The van der Waals surface area contributed by atoms with Gasteiger partial charge in [0.1, 0.15) is 6.04 Å². The molecule has 1 unspecified atom stereocenters. The highest BCUT2D eigenvalue weighted by Gasteiger charge is 2.25. The van der Waals surface area contributed by atoms with Crippen LogP contribution in [0.15, 0.2) is 30.5 Å². The highest BCUT2D eigenvalue weighted by Crippen LogP contribution is 2.19. The van der Waals surface area contributed by atoms with Crippen LogP contribution in [-0.2, 0) is 21.2 Å². The molecule has 0 aliphatic rings. The SMILES string of the molecule is N#CCS(=O)(=O)NC(Cc1c[nH]c2ccccc12)C(=O)O. The van der Waals surface area contributed by atoms with Crippen LogP contribution < -0.4 is 4.72 Å². The van der Waals surface area contributed by atoms with Crippen molar-refractivity contribution in [2.75, 3.05) is 5.75 Å². The minimum absolute atomic E-state index is 0.00992. The van der Waals surface area contributed by atoms with Gasteiger partial charge in [0.2, 0.25) is 10.0 Å². The van der Waals surface area contributed by atoms with Gasteiger partial charge in [-0.3, -0.25) is 4.79 Å². The molecular weight excluding hydrogens is 294 g/mol. The zero-order chi connectivity index (χ0) is 15.5. The van der Waals surface area contributed by atoms with Gasteiger partial charge in [0.05, 0.1) is 6.07 Å². The fourth-order valence-electron chi connectivity index (χ4n) is 2.04. The number of benzene rings is 1. The van der Waals surface area contributed by atoms with Crippen LogP contribution >= 0.6 is 0 Å². The van der Waals surface area contributed by atoms with Gasteiger partial charge in [-0.05, 0) is 11.6 Å². The maximum Gasteiger partial charge on any atom is 0.322 e. The maximum atomic E-state index is 11.5. The van der Waals surface area contributed by atoms with E-state index in [4.69, 9.17) is 10.4 Å². The monoisotopic (exact) mass is 307 g/mol. The van der Waals surface area contributed by atoms with E-state index in [-0.39, 0.29) is 6.42 Å². The zero-order valence-electron chi connectivity index (χ0n) is 10.9. The van der Waals surface area contributed by atoms with Crippen molar-refractivity contribution < 1.29 is 18.3 Å². The summed E-state index contributed by atoms with van der Waals surface area (Å²) in [5.41, 5.74) is 1.54. The smallest absolute Gasteiger partial charge is 0.322 e. The molecule has 0 spiro atoms. The first kappa shape index (κ1) is 15.0. The Balaban J connectivity index is 2.25. The number of nitriles is 1. The number of hydrogen-bond donors (Lipinski definition) is 3. The van der Waals surface area contributed by atoms with Crippen LogP contribution in [0, 0.1) is 11.3 Å². The highest BCUT2D eigenvalue weighted by molar-refractivity contribution is 7.89. The minimum atomic E-state index is -3.93. The number of sulfonamides is 1. The lowest BCUT2D eigenvalue weighted by Crippen LogP contribution is -2.43. The van der Waals surface area contributed by atoms with Crippen LogP contribution in [0.25, 0.3) is 10.9 Å². The number of carboxylic acids is 1. The molecule has 8 heteroatoms. The second kappa shape index (κ2) is 5.95. The van der Waals surface area contributed by atoms with Gasteiger partial charge >= 0.3 is 5.97 Å². The standard InChI is InChI=1S/C13H13N3O4S/c14-5-6-21(19,20)16-12(13(17)18)7-9-8-15-11-4-2-1-3-10(9)11/h1-4,8,12,15-16H,6-7H2,(H,17,18). The van der Waals surface area contributed by atoms with E-state index in [1.54, 1.807) is 6.20 Å². The van der Waals surface area contributed by atoms with Gasteiger partial charge in [0.25, 0.3) is 0 Å². The van der Waals surface area contributed by atoms with E-state index in [9.17, 15) is 13.2 Å². The molecule has 0 radical (unpaired) electrons. The summed E-state index contributed by atoms with van der Waals surface area (Å²) >= 11 is 0. The molecule has 1 aromatic carbocycles. The summed E-state index contributed by atoms with van der Waals surface area (Å²) in [6.45, 7) is 0. The predicted molar refractivity (Wildman–Crippen MR) is 76.0 cm³/mol. The van der Waals surface area contributed by atoms with Crippen LogP contribution in [0.5, 0.6) is 0 Å². The molecule has 1 atom stereocenters. The van der Waals surface area contributed by atoms with Crippen molar-refractivity contribution in [3.05, 3.63) is 36.0 Å². The molecule has 0 bridgehead atoms. The molecule has 7 nitrogen and oxygen atoms in total. The fraction of sp³-hybridized carbons (Fsp3) is 0.231. The number of H-pyrrole nitrogens is 1. The fourth-order valence-corrected chi connectivity index (χ4v) is 2.91. The molecule has 3 N–H and O–H groups in total. The van der Waals surface area contributed by atoms with Gasteiger partial charge in [-0.2, -0.15) is 9.98 Å². The summed E-state index contributed by atoms with van der Waals surface area (Å²) < 4.78 is 25.1. The van der Waals surface area contributed by atoms with E-state index in [0.717, 1.165) is 10.9 Å². The van der Waals surface area contributed by atoms with Crippen molar-refractivity contribution in [2.45, 2.75) is 12.5 Å². The summed E-state index contributed by atoms with van der Waals surface area (Å²) in [5.74, 6) is -2.06. The Bertz CT molecular complexity index is 804. The Kier molecular flexibility index (Phi) is 4.26. The maximum absolute atomic E-state index is 11.5. The van der Waals surface area contributed by atoms with E-state index in [0.29, 0.717) is 5.56 Å². The summed E-state index contributed by atoms with van der Waals surface area (Å²) in [6.07, 6.45) is 1.64. The average Bonchev–Trinajstić information content (AvgIpc) is 2.81. The first-order valence-corrected chi connectivity index (χ1v) is 7.73. The molecular formula is C13H13N3O4S. The Labute approximate surface area is 121 Å². The van der Waals surface area contributed by atoms with Crippen LogP contribution in [0.1, 0.15) is 5.56 Å². The second-order valence-corrected chi connectivity index (χ2v) is 6.24. The van der Waals surface area contributed by atoms with Gasteiger partial charge in [-0.1, -0.05) is 18.2 Å². The summed E-state index contributed by atoms with van der Waals surface area (Å²) in [6, 6.07) is 7.49. The molecule has 0 fully saturated rings. The van der Waals surface area contributed by atoms with Crippen LogP contribution in [0.2, 0.25) is 0 Å². The Morgan fingerprint density at radius 3 is 2.81 bits per heavy atom. The third-order valence-corrected chi connectivity index (χ3v) is 4.13. The zero-order valence-corrected chi connectivity index (χ0v) is 11.7. The lowest BCUT2D eigenvalue weighted by molar-refractivity contribution is -0.138. The molecule has 0 amide bonds. The molecule has 0 saturated heterocycles. The predicted octanol–water partition coefficient (Wildman–Crippen LogP) is 0.607. The third kappa shape index (κ3) is 3.59. The van der Waals surface area contributed by atoms with E-state index < -0.39 is 27.8 Å². The Morgan fingerprint density at radius 2 is 2.14 bits per heavy atom. The number of aromatic amines is 1. The van der Waals surface area contributed by atoms with Crippen molar-refractivity contribution in [3.63, 3.8) is 0 Å². The summed E-state index contributed by atoms with van der Waals surface area (Å²) in [4.78, 5) is 14.2. The first-order valence-electron chi connectivity index (χ1n) is 6.07. The number of para-hydroxylation sites is 1. The van der Waals surface area contributed by atoms with Gasteiger partial charge < -0.3 is 10.1 Å². The van der Waals surface area contributed by atoms with Crippen molar-refractivity contribution >= 4 is 26.9 Å². The van der Waals surface area contributed by atoms with Gasteiger partial charge in [0, 0.05) is 23.5 Å². The topological polar surface area (TPSA) is 123 Å². The normalized spacial score (nSPS) is 12.9. The lowest BCUT2D eigenvalue weighted by Gasteiger charge is -2.13. The summed E-state index contributed by atoms with van der Waals surface area (Å²) in [7, 11) is -3.93. The molecule has 0 aliphatic carbocycles. The molecule has 2 rings (SSSR count). The van der Waals surface area contributed by atoms with E-state index in [1.807, 2.05) is 29.0 Å². The largest absolute Gasteiger partial charge is 0.480 e. The molecule has 1 heterocycles. The summed E-state index contributed by atoms with van der Waals surface area (Å²) in [5, 5.41) is 18.4. The van der Waals surface area contributed by atoms with Crippen molar-refractivity contribution in [2.24, 2.45) is 0 Å². The lowest BCUT2D eigenvalue weighted by atomic mass is 10.1. The quantitative estimate of drug-likeness (QED) is 0.721. The Hall–Kier alpha value is -2.37. The number of nitrogens with zero attached hydrogens (tertiary/aromatic N) is 1. The van der Waals surface area contributed by atoms with E-state index in [1.165, 1.54) is 6.07 Å². The number of nitrogens with one attached hydrogen (secondary N) is 2. The van der Waals surface area contributed by atoms with Gasteiger partial charge in [0.15, 0.2) is 5.75 Å². The second-order valence-electron chi connectivity index (χ2n) is 4.49. The molecule has 0 aliphatic heterocycles. The van der Waals surface area contributed by atoms with Gasteiger partial charge in [-0.15, -0.1) is 0 Å². The van der Waals surface area contributed by atoms with Gasteiger partial charge in [-0.25, -0.2) is 8.42 Å². The Morgan fingerprint density at radius 1 is 1.43 bits per heavy atom.